The molecule has 2 aromatic carbocycles. The minimum absolute atomic E-state index is 1.16. The van der Waals surface area contributed by atoms with Crippen molar-refractivity contribution in [3.05, 3.63) is 59.2 Å². The fourth-order valence-corrected chi connectivity index (χ4v) is 2.61. The van der Waals surface area contributed by atoms with Crippen molar-refractivity contribution in [1.82, 2.24) is 0 Å². The Hall–Kier alpha value is -1.76. The van der Waals surface area contributed by atoms with Gasteiger partial charge in [-0.05, 0) is 68.0 Å². The summed E-state index contributed by atoms with van der Waals surface area (Å²) < 4.78 is 0. The van der Waals surface area contributed by atoms with Crippen LogP contribution in [0, 0.1) is 6.92 Å². The molecule has 1 aliphatic rings. The number of rotatable bonds is 2. The van der Waals surface area contributed by atoms with E-state index in [4.69, 9.17) is 0 Å². The number of nitrogens with one attached hydrogen (secondary N) is 1. The van der Waals surface area contributed by atoms with Crippen LogP contribution in [0.1, 0.15) is 29.5 Å². The average molecular weight is 237 g/mol. The zero-order valence-corrected chi connectivity index (χ0v) is 10.9. The van der Waals surface area contributed by atoms with Crippen molar-refractivity contribution in [3.63, 3.8) is 0 Å². The van der Waals surface area contributed by atoms with Crippen LogP contribution in [0.4, 0.5) is 11.4 Å². The third-order valence-electron chi connectivity index (χ3n) is 3.69. The van der Waals surface area contributed by atoms with Gasteiger partial charge in [0.2, 0.25) is 0 Å². The van der Waals surface area contributed by atoms with Gasteiger partial charge in [0.15, 0.2) is 0 Å². The van der Waals surface area contributed by atoms with Gasteiger partial charge in [0.1, 0.15) is 0 Å². The van der Waals surface area contributed by atoms with Crippen molar-refractivity contribution in [2.24, 2.45) is 0 Å². The predicted molar refractivity (Wildman–Crippen MR) is 77.5 cm³/mol. The van der Waals surface area contributed by atoms with Crippen molar-refractivity contribution >= 4 is 11.4 Å². The molecule has 0 bridgehead atoms. The van der Waals surface area contributed by atoms with Gasteiger partial charge in [-0.2, -0.15) is 0 Å². The van der Waals surface area contributed by atoms with Gasteiger partial charge in [0, 0.05) is 11.4 Å². The molecule has 0 spiro atoms. The van der Waals surface area contributed by atoms with Gasteiger partial charge >= 0.3 is 0 Å². The second kappa shape index (κ2) is 4.85. The molecule has 0 aromatic heterocycles. The number of anilines is 2. The molecule has 92 valence electrons. The molecule has 1 N–H and O–H groups in total. The molecule has 1 nitrogen and oxygen atoms in total. The second-order valence-corrected chi connectivity index (χ2v) is 5.18. The SMILES string of the molecule is Cc1ccc(Nc2ccc3c(c2)CCCC3)cc1. The first-order valence-electron chi connectivity index (χ1n) is 6.77. The summed E-state index contributed by atoms with van der Waals surface area (Å²) in [6.07, 6.45) is 5.16. The highest BCUT2D eigenvalue weighted by molar-refractivity contribution is 5.61. The molecule has 0 atom stereocenters. The van der Waals surface area contributed by atoms with Gasteiger partial charge in [-0.3, -0.25) is 0 Å². The lowest BCUT2D eigenvalue weighted by Gasteiger charge is -2.17. The van der Waals surface area contributed by atoms with E-state index >= 15 is 0 Å². The summed E-state index contributed by atoms with van der Waals surface area (Å²) >= 11 is 0. The minimum atomic E-state index is 1.16. The Morgan fingerprint density at radius 3 is 2.22 bits per heavy atom. The minimum Gasteiger partial charge on any atom is -0.356 e. The quantitative estimate of drug-likeness (QED) is 0.803. The summed E-state index contributed by atoms with van der Waals surface area (Å²) in [6, 6.07) is 15.3. The van der Waals surface area contributed by atoms with Crippen LogP contribution >= 0.6 is 0 Å². The number of hydrogen-bond acceptors (Lipinski definition) is 1. The van der Waals surface area contributed by atoms with E-state index in [1.54, 1.807) is 0 Å². The largest absolute Gasteiger partial charge is 0.356 e. The molecule has 0 unspecified atom stereocenters. The van der Waals surface area contributed by atoms with Crippen molar-refractivity contribution in [2.75, 3.05) is 5.32 Å². The van der Waals surface area contributed by atoms with Crippen LogP contribution in [0.3, 0.4) is 0 Å². The van der Waals surface area contributed by atoms with E-state index in [1.165, 1.54) is 48.1 Å². The van der Waals surface area contributed by atoms with Gasteiger partial charge in [-0.25, -0.2) is 0 Å². The van der Waals surface area contributed by atoms with E-state index in [9.17, 15) is 0 Å². The average Bonchev–Trinajstić information content (AvgIpc) is 2.41. The first kappa shape index (κ1) is 11.3. The van der Waals surface area contributed by atoms with Crippen LogP contribution in [-0.2, 0) is 12.8 Å². The molecule has 18 heavy (non-hydrogen) atoms. The Bertz CT molecular complexity index is 540. The molecule has 0 amide bonds. The predicted octanol–water partition coefficient (Wildman–Crippen LogP) is 4.62. The molecule has 1 heteroatoms. The molecule has 0 radical (unpaired) electrons. The normalized spacial score (nSPS) is 14.1. The van der Waals surface area contributed by atoms with Gasteiger partial charge in [0.05, 0.1) is 0 Å². The van der Waals surface area contributed by atoms with Gasteiger partial charge in [0.25, 0.3) is 0 Å². The second-order valence-electron chi connectivity index (χ2n) is 5.18. The van der Waals surface area contributed by atoms with E-state index in [2.05, 4.69) is 54.7 Å². The number of hydrogen-bond donors (Lipinski definition) is 1. The summed E-state index contributed by atoms with van der Waals surface area (Å²) in [4.78, 5) is 0. The van der Waals surface area contributed by atoms with E-state index in [-0.39, 0.29) is 0 Å². The van der Waals surface area contributed by atoms with Crippen molar-refractivity contribution in [1.29, 1.82) is 0 Å². The summed E-state index contributed by atoms with van der Waals surface area (Å²) in [7, 11) is 0. The third-order valence-corrected chi connectivity index (χ3v) is 3.69. The smallest absolute Gasteiger partial charge is 0.0387 e. The van der Waals surface area contributed by atoms with E-state index in [1.807, 2.05) is 0 Å². The zero-order chi connectivity index (χ0) is 12.4. The van der Waals surface area contributed by atoms with Crippen molar-refractivity contribution in [2.45, 2.75) is 32.6 Å². The maximum absolute atomic E-state index is 3.48. The Kier molecular flexibility index (Phi) is 3.06. The zero-order valence-electron chi connectivity index (χ0n) is 10.9. The van der Waals surface area contributed by atoms with Crippen LogP contribution in [0.5, 0.6) is 0 Å². The molecular formula is C17H19N. The Balaban J connectivity index is 1.82. The molecule has 0 saturated heterocycles. The molecule has 3 rings (SSSR count). The molecule has 1 aliphatic carbocycles. The Labute approximate surface area is 109 Å². The maximum atomic E-state index is 3.48. The summed E-state index contributed by atoms with van der Waals surface area (Å²) in [6.45, 7) is 2.11. The molecule has 0 fully saturated rings. The fraction of sp³-hybridized carbons (Fsp3) is 0.294. The van der Waals surface area contributed by atoms with Gasteiger partial charge in [-0.15, -0.1) is 0 Å². The number of fused-ring (bicyclic) bond motifs is 1. The van der Waals surface area contributed by atoms with Crippen LogP contribution in [0.2, 0.25) is 0 Å². The maximum Gasteiger partial charge on any atom is 0.0387 e. The van der Waals surface area contributed by atoms with Crippen molar-refractivity contribution in [3.8, 4) is 0 Å². The molecule has 0 saturated carbocycles. The highest BCUT2D eigenvalue weighted by atomic mass is 14.9. The fourth-order valence-electron chi connectivity index (χ4n) is 2.61. The molecule has 0 heterocycles. The standard InChI is InChI=1S/C17H19N/c1-13-6-9-16(10-7-13)18-17-11-8-14-4-2-3-5-15(14)12-17/h6-12,18H,2-5H2,1H3. The lowest BCUT2D eigenvalue weighted by Crippen LogP contribution is -2.03. The van der Waals surface area contributed by atoms with E-state index in [0.29, 0.717) is 0 Å². The van der Waals surface area contributed by atoms with Crippen LogP contribution < -0.4 is 5.32 Å². The lowest BCUT2D eigenvalue weighted by molar-refractivity contribution is 0.686. The van der Waals surface area contributed by atoms with E-state index < -0.39 is 0 Å². The summed E-state index contributed by atoms with van der Waals surface area (Å²) in [5, 5.41) is 3.48. The highest BCUT2D eigenvalue weighted by Gasteiger charge is 2.09. The van der Waals surface area contributed by atoms with E-state index in [0.717, 1.165) is 5.69 Å². The first-order valence-corrected chi connectivity index (χ1v) is 6.77. The van der Waals surface area contributed by atoms with Gasteiger partial charge < -0.3 is 5.32 Å². The van der Waals surface area contributed by atoms with Gasteiger partial charge in [-0.1, -0.05) is 23.8 Å². The highest BCUT2D eigenvalue weighted by Crippen LogP contribution is 2.26. The van der Waals surface area contributed by atoms with Crippen molar-refractivity contribution < 1.29 is 0 Å². The number of aryl methyl sites for hydroxylation is 3. The number of benzene rings is 2. The molecular weight excluding hydrogens is 218 g/mol. The van der Waals surface area contributed by atoms with Crippen LogP contribution in [0.25, 0.3) is 0 Å². The van der Waals surface area contributed by atoms with Crippen LogP contribution in [0.15, 0.2) is 42.5 Å². The first-order chi connectivity index (χ1) is 8.81. The monoisotopic (exact) mass is 237 g/mol. The summed E-state index contributed by atoms with van der Waals surface area (Å²) in [5.41, 5.74) is 6.73. The molecule has 0 aliphatic heterocycles. The topological polar surface area (TPSA) is 12.0 Å². The molecule has 2 aromatic rings. The Morgan fingerprint density at radius 1 is 0.778 bits per heavy atom. The third kappa shape index (κ3) is 2.40. The lowest BCUT2D eigenvalue weighted by atomic mass is 9.91. The summed E-state index contributed by atoms with van der Waals surface area (Å²) in [5.74, 6) is 0. The van der Waals surface area contributed by atoms with Crippen LogP contribution in [-0.4, -0.2) is 0 Å². The Morgan fingerprint density at radius 2 is 1.44 bits per heavy atom.